The van der Waals surface area contributed by atoms with Crippen molar-refractivity contribution in [3.63, 3.8) is 0 Å². The second-order valence-electron chi connectivity index (χ2n) is 5.87. The molecule has 2 aromatic rings. The molecule has 0 unspecified atom stereocenters. The number of methoxy groups -OCH3 is 3. The third kappa shape index (κ3) is 4.04. The van der Waals surface area contributed by atoms with Gasteiger partial charge in [-0.05, 0) is 24.3 Å². The summed E-state index contributed by atoms with van der Waals surface area (Å²) in [6, 6.07) is 5.40. The number of carbonyl (C=O) groups excluding carboxylic acids is 3. The standard InChI is InChI=1S/C19H17ClN2O7/c1-26-15-8-11(20)6-10(16(15)27-2)7-13-17(23)22(19(25)21-13)9-12-4-5-14(29-12)18(24)28-3/h4-8H,9H2,1-3H3,(H,21,25)/b13-7-. The highest BCUT2D eigenvalue weighted by Crippen LogP contribution is 2.36. The van der Waals surface area contributed by atoms with Crippen LogP contribution in [0.5, 0.6) is 11.5 Å². The van der Waals surface area contributed by atoms with Gasteiger partial charge in [-0.3, -0.25) is 9.69 Å². The van der Waals surface area contributed by atoms with E-state index in [1.807, 2.05) is 0 Å². The van der Waals surface area contributed by atoms with E-state index in [4.69, 9.17) is 25.5 Å². The number of hydrogen-bond acceptors (Lipinski definition) is 7. The Balaban J connectivity index is 1.86. The van der Waals surface area contributed by atoms with E-state index in [0.717, 1.165) is 4.90 Å². The van der Waals surface area contributed by atoms with Gasteiger partial charge in [-0.25, -0.2) is 9.59 Å². The number of imide groups is 1. The van der Waals surface area contributed by atoms with Crippen molar-refractivity contribution in [2.75, 3.05) is 21.3 Å². The van der Waals surface area contributed by atoms with Gasteiger partial charge in [0.2, 0.25) is 5.76 Å². The highest BCUT2D eigenvalue weighted by molar-refractivity contribution is 6.31. The lowest BCUT2D eigenvalue weighted by molar-refractivity contribution is -0.123. The average Bonchev–Trinajstić information content (AvgIpc) is 3.27. The molecule has 1 aromatic heterocycles. The van der Waals surface area contributed by atoms with Crippen LogP contribution in [0.3, 0.4) is 0 Å². The zero-order valence-electron chi connectivity index (χ0n) is 15.8. The monoisotopic (exact) mass is 420 g/mol. The van der Waals surface area contributed by atoms with Crippen LogP contribution in [0.4, 0.5) is 4.79 Å². The number of furan rings is 1. The maximum Gasteiger partial charge on any atom is 0.373 e. The third-order valence-electron chi connectivity index (χ3n) is 4.10. The molecule has 0 saturated carbocycles. The molecule has 1 aliphatic heterocycles. The first-order chi connectivity index (χ1) is 13.9. The zero-order valence-corrected chi connectivity index (χ0v) is 16.5. The average molecular weight is 421 g/mol. The number of hydrogen-bond donors (Lipinski definition) is 1. The van der Waals surface area contributed by atoms with Crippen LogP contribution in [-0.4, -0.2) is 44.1 Å². The second kappa shape index (κ2) is 8.27. The summed E-state index contributed by atoms with van der Waals surface area (Å²) >= 11 is 6.09. The van der Waals surface area contributed by atoms with Gasteiger partial charge in [-0.15, -0.1) is 0 Å². The molecule has 3 amide bonds. The molecule has 1 N–H and O–H groups in total. The molecule has 0 bridgehead atoms. The fraction of sp³-hybridized carbons (Fsp3) is 0.211. The molecule has 0 radical (unpaired) electrons. The van der Waals surface area contributed by atoms with Crippen molar-refractivity contribution in [2.24, 2.45) is 0 Å². The highest BCUT2D eigenvalue weighted by atomic mass is 35.5. The fourth-order valence-corrected chi connectivity index (χ4v) is 2.98. The van der Waals surface area contributed by atoms with Gasteiger partial charge in [0.25, 0.3) is 5.91 Å². The van der Waals surface area contributed by atoms with E-state index in [0.29, 0.717) is 22.1 Å². The molecule has 0 aliphatic carbocycles. The lowest BCUT2D eigenvalue weighted by Crippen LogP contribution is -2.30. The Hall–Kier alpha value is -3.46. The van der Waals surface area contributed by atoms with Gasteiger partial charge in [0.1, 0.15) is 11.5 Å². The highest BCUT2D eigenvalue weighted by Gasteiger charge is 2.34. The number of carbonyl (C=O) groups is 3. The molecule has 152 valence electrons. The molecule has 0 atom stereocenters. The number of esters is 1. The van der Waals surface area contributed by atoms with E-state index >= 15 is 0 Å². The zero-order chi connectivity index (χ0) is 21.1. The van der Waals surface area contributed by atoms with E-state index < -0.39 is 17.9 Å². The topological polar surface area (TPSA) is 107 Å². The quantitative estimate of drug-likeness (QED) is 0.435. The molecule has 1 aliphatic rings. The van der Waals surface area contributed by atoms with Crippen molar-refractivity contribution < 1.29 is 33.0 Å². The maximum absolute atomic E-state index is 12.7. The Bertz CT molecular complexity index is 1010. The Labute approximate surface area is 170 Å². The molecule has 1 saturated heterocycles. The van der Waals surface area contributed by atoms with Crippen molar-refractivity contribution in [1.82, 2.24) is 10.2 Å². The molecular formula is C19H17ClN2O7. The van der Waals surface area contributed by atoms with Crippen LogP contribution in [-0.2, 0) is 16.1 Å². The number of rotatable bonds is 6. The third-order valence-corrected chi connectivity index (χ3v) is 4.31. The summed E-state index contributed by atoms with van der Waals surface area (Å²) in [6.45, 7) is -0.158. The first kappa shape index (κ1) is 20.3. The summed E-state index contributed by atoms with van der Waals surface area (Å²) in [5.41, 5.74) is 0.477. The Morgan fingerprint density at radius 1 is 1.21 bits per heavy atom. The fourth-order valence-electron chi connectivity index (χ4n) is 2.77. The molecule has 9 nitrogen and oxygen atoms in total. The van der Waals surface area contributed by atoms with Gasteiger partial charge in [0.15, 0.2) is 11.5 Å². The first-order valence-electron chi connectivity index (χ1n) is 8.31. The summed E-state index contributed by atoms with van der Waals surface area (Å²) in [5.74, 6) is -0.272. The molecule has 10 heteroatoms. The van der Waals surface area contributed by atoms with Gasteiger partial charge in [0.05, 0.1) is 27.9 Å². The molecule has 1 fully saturated rings. The number of halogens is 1. The normalized spacial score (nSPS) is 14.9. The van der Waals surface area contributed by atoms with E-state index in [9.17, 15) is 14.4 Å². The summed E-state index contributed by atoms with van der Waals surface area (Å²) in [7, 11) is 4.13. The molecule has 0 spiro atoms. The molecule has 1 aromatic carbocycles. The Kier molecular flexibility index (Phi) is 5.79. The largest absolute Gasteiger partial charge is 0.493 e. The lowest BCUT2D eigenvalue weighted by Gasteiger charge is -2.11. The molecular weight excluding hydrogens is 404 g/mol. The Morgan fingerprint density at radius 3 is 2.62 bits per heavy atom. The number of nitrogens with one attached hydrogen (secondary N) is 1. The van der Waals surface area contributed by atoms with Crippen LogP contribution >= 0.6 is 11.6 Å². The lowest BCUT2D eigenvalue weighted by atomic mass is 10.1. The minimum absolute atomic E-state index is 0.0253. The van der Waals surface area contributed by atoms with Crippen LogP contribution < -0.4 is 14.8 Å². The minimum atomic E-state index is -0.656. The number of amides is 3. The van der Waals surface area contributed by atoms with Crippen LogP contribution in [0.2, 0.25) is 5.02 Å². The Morgan fingerprint density at radius 2 is 1.97 bits per heavy atom. The van der Waals surface area contributed by atoms with Crippen LogP contribution in [0.1, 0.15) is 21.9 Å². The summed E-state index contributed by atoms with van der Waals surface area (Å²) in [6.07, 6.45) is 1.44. The van der Waals surface area contributed by atoms with E-state index in [-0.39, 0.29) is 23.8 Å². The first-order valence-corrected chi connectivity index (χ1v) is 8.68. The van der Waals surface area contributed by atoms with Gasteiger partial charge in [-0.1, -0.05) is 11.6 Å². The number of nitrogens with zero attached hydrogens (tertiary/aromatic N) is 1. The summed E-state index contributed by atoms with van der Waals surface area (Å²) < 4.78 is 20.4. The minimum Gasteiger partial charge on any atom is -0.493 e. The maximum atomic E-state index is 12.7. The van der Waals surface area contributed by atoms with Gasteiger partial charge in [-0.2, -0.15) is 0 Å². The van der Waals surface area contributed by atoms with Crippen LogP contribution in [0.25, 0.3) is 6.08 Å². The predicted octanol–water partition coefficient (Wildman–Crippen LogP) is 2.83. The molecule has 3 rings (SSSR count). The predicted molar refractivity (Wildman–Crippen MR) is 102 cm³/mol. The van der Waals surface area contributed by atoms with Crippen molar-refractivity contribution in [1.29, 1.82) is 0 Å². The molecule has 2 heterocycles. The summed E-state index contributed by atoms with van der Waals surface area (Å²) in [4.78, 5) is 37.4. The summed E-state index contributed by atoms with van der Waals surface area (Å²) in [5, 5.41) is 2.87. The van der Waals surface area contributed by atoms with Gasteiger partial charge >= 0.3 is 12.0 Å². The van der Waals surface area contributed by atoms with Crippen molar-refractivity contribution in [3.8, 4) is 11.5 Å². The van der Waals surface area contributed by atoms with Gasteiger partial charge in [0, 0.05) is 16.7 Å². The number of ether oxygens (including phenoxy) is 3. The van der Waals surface area contributed by atoms with E-state index in [2.05, 4.69) is 10.1 Å². The van der Waals surface area contributed by atoms with Crippen LogP contribution in [0.15, 0.2) is 34.4 Å². The van der Waals surface area contributed by atoms with Crippen molar-refractivity contribution in [3.05, 3.63) is 52.1 Å². The second-order valence-corrected chi connectivity index (χ2v) is 6.30. The van der Waals surface area contributed by atoms with E-state index in [1.165, 1.54) is 39.5 Å². The van der Waals surface area contributed by atoms with Crippen molar-refractivity contribution >= 4 is 35.6 Å². The number of urea groups is 1. The smallest absolute Gasteiger partial charge is 0.373 e. The SMILES string of the molecule is COC(=O)c1ccc(CN2C(=O)N/C(=C\c3cc(Cl)cc(OC)c3OC)C2=O)o1. The number of benzene rings is 1. The molecule has 29 heavy (non-hydrogen) atoms. The van der Waals surface area contributed by atoms with Gasteiger partial charge < -0.3 is 23.9 Å². The van der Waals surface area contributed by atoms with Crippen LogP contribution in [0, 0.1) is 0 Å². The van der Waals surface area contributed by atoms with Crippen molar-refractivity contribution in [2.45, 2.75) is 6.54 Å². The van der Waals surface area contributed by atoms with E-state index in [1.54, 1.807) is 12.1 Å².